The van der Waals surface area contributed by atoms with E-state index in [0.29, 0.717) is 19.3 Å². The first-order valence-electron chi connectivity index (χ1n) is 8.06. The zero-order chi connectivity index (χ0) is 18.5. The maximum Gasteiger partial charge on any atom is 0.321 e. The van der Waals surface area contributed by atoms with Crippen molar-refractivity contribution in [3.63, 3.8) is 0 Å². The Morgan fingerprint density at radius 3 is 2.44 bits per heavy atom. The van der Waals surface area contributed by atoms with Crippen LogP contribution in [-0.2, 0) is 19.1 Å². The molecule has 10 heteroatoms. The highest BCUT2D eigenvalue weighted by molar-refractivity contribution is 6.10. The number of aliphatic hydroxyl groups excluding tert-OH is 1. The van der Waals surface area contributed by atoms with Crippen LogP contribution in [-0.4, -0.2) is 70.3 Å². The van der Waals surface area contributed by atoms with Crippen molar-refractivity contribution in [3.8, 4) is 0 Å². The number of primary amides is 1. The molecule has 0 aromatic carbocycles. The quantitative estimate of drug-likeness (QED) is 0.359. The number of aliphatic hydroxyl groups is 1. The number of methoxy groups -OCH3 is 1. The van der Waals surface area contributed by atoms with Crippen LogP contribution in [0.15, 0.2) is 0 Å². The van der Waals surface area contributed by atoms with Gasteiger partial charge in [0.2, 0.25) is 5.78 Å². The number of unbranched alkanes of at least 4 members (excludes halogenated alkanes) is 1. The van der Waals surface area contributed by atoms with Gasteiger partial charge in [-0.2, -0.15) is 0 Å². The number of aliphatic carboxylic acids is 1. The summed E-state index contributed by atoms with van der Waals surface area (Å²) in [5, 5.41) is 19.6. The Bertz CT molecular complexity index is 492. The highest BCUT2D eigenvalue weighted by atomic mass is 35.5. The van der Waals surface area contributed by atoms with E-state index in [9.17, 15) is 24.6 Å². The maximum absolute atomic E-state index is 12.8. The molecule has 1 heterocycles. The lowest BCUT2D eigenvalue weighted by atomic mass is 9.93. The number of nitrogens with two attached hydrogens (primary N) is 2. The lowest BCUT2D eigenvalue weighted by molar-refractivity contribution is -0.189. The van der Waals surface area contributed by atoms with Crippen LogP contribution < -0.4 is 11.5 Å². The van der Waals surface area contributed by atoms with E-state index in [1.165, 1.54) is 0 Å². The molecule has 0 bridgehead atoms. The van der Waals surface area contributed by atoms with Gasteiger partial charge in [-0.25, -0.2) is 4.90 Å². The predicted octanol–water partition coefficient (Wildman–Crippen LogP) is -0.767. The number of ketones is 1. The second-order valence-electron chi connectivity index (χ2n) is 6.02. The zero-order valence-corrected chi connectivity index (χ0v) is 15.3. The smallest absolute Gasteiger partial charge is 0.321 e. The Morgan fingerprint density at radius 2 is 2.00 bits per heavy atom. The van der Waals surface area contributed by atoms with E-state index < -0.39 is 41.6 Å². The Labute approximate surface area is 153 Å². The maximum atomic E-state index is 12.8. The van der Waals surface area contributed by atoms with Crippen LogP contribution in [0.4, 0.5) is 0 Å². The largest absolute Gasteiger partial charge is 0.480 e. The summed E-state index contributed by atoms with van der Waals surface area (Å²) in [4.78, 5) is 37.4. The number of hydrogen-bond donors (Lipinski definition) is 4. The average Bonchev–Trinajstić information content (AvgIpc) is 3.02. The van der Waals surface area contributed by atoms with Gasteiger partial charge in [0.15, 0.2) is 0 Å². The number of amides is 1. The monoisotopic (exact) mass is 381 g/mol. The summed E-state index contributed by atoms with van der Waals surface area (Å²) in [6.45, 7) is 2.07. The number of nitrogens with zero attached hydrogens (tertiary/aromatic N) is 1. The number of ether oxygens (including phenoxy) is 1. The van der Waals surface area contributed by atoms with Crippen LogP contribution in [0, 0.1) is 0 Å². The van der Waals surface area contributed by atoms with Crippen molar-refractivity contribution in [1.29, 1.82) is 0 Å². The van der Waals surface area contributed by atoms with Crippen molar-refractivity contribution in [2.24, 2.45) is 11.5 Å². The van der Waals surface area contributed by atoms with Gasteiger partial charge in [-0.15, -0.1) is 12.4 Å². The van der Waals surface area contributed by atoms with E-state index in [0.717, 1.165) is 18.4 Å². The number of carboxylic acids is 1. The van der Waals surface area contributed by atoms with E-state index in [4.69, 9.17) is 16.2 Å². The third-order valence-electron chi connectivity index (χ3n) is 4.47. The Morgan fingerprint density at radius 1 is 1.40 bits per heavy atom. The van der Waals surface area contributed by atoms with E-state index in [2.05, 4.69) is 0 Å². The van der Waals surface area contributed by atoms with Crippen LogP contribution in [0.1, 0.15) is 39.0 Å². The molecule has 1 rings (SSSR count). The third kappa shape index (κ3) is 4.68. The van der Waals surface area contributed by atoms with Crippen molar-refractivity contribution in [2.45, 2.75) is 62.9 Å². The summed E-state index contributed by atoms with van der Waals surface area (Å²) in [5.74, 6) is -3.37. The molecule has 0 radical (unpaired) electrons. The van der Waals surface area contributed by atoms with E-state index in [1.807, 2.05) is 6.92 Å². The molecule has 1 aliphatic rings. The number of likely N-dealkylation sites (tertiary alicyclic amines) is 1. The van der Waals surface area contributed by atoms with E-state index in [1.54, 1.807) is 0 Å². The highest BCUT2D eigenvalue weighted by Crippen LogP contribution is 2.30. The van der Waals surface area contributed by atoms with Gasteiger partial charge in [0.25, 0.3) is 11.6 Å². The second kappa shape index (κ2) is 10.0. The van der Waals surface area contributed by atoms with E-state index in [-0.39, 0.29) is 25.4 Å². The number of halogens is 1. The normalized spacial score (nSPS) is 22.5. The molecule has 0 saturated carbocycles. The third-order valence-corrected chi connectivity index (χ3v) is 4.47. The Kier molecular flexibility index (Phi) is 9.52. The highest BCUT2D eigenvalue weighted by Gasteiger charge is 2.57. The molecule has 1 unspecified atom stereocenters. The van der Waals surface area contributed by atoms with Crippen molar-refractivity contribution in [3.05, 3.63) is 0 Å². The fraction of sp³-hybridized carbons (Fsp3) is 0.800. The standard InChI is InChI=1S/C15H27N3O6.ClH/c1-3-4-6-9(16)11(19)12(20)15(24-2,14(17)23)18-8-5-7-10(18)13(21)22;/h9-11,19H,3-8,16H2,1-2H3,(H2,17,23)(H,21,22);1H/t9-,10+,11+,15?;/m0./s1. The molecule has 4 atom stereocenters. The summed E-state index contributed by atoms with van der Waals surface area (Å²) in [6.07, 6.45) is 0.930. The van der Waals surface area contributed by atoms with Crippen LogP contribution in [0.5, 0.6) is 0 Å². The van der Waals surface area contributed by atoms with Crippen LogP contribution in [0.2, 0.25) is 0 Å². The van der Waals surface area contributed by atoms with E-state index >= 15 is 0 Å². The molecular weight excluding hydrogens is 354 g/mol. The number of carbonyl (C=O) groups excluding carboxylic acids is 2. The molecular formula is C15H28ClN3O6. The molecule has 0 spiro atoms. The van der Waals surface area contributed by atoms with Crippen molar-refractivity contribution >= 4 is 30.1 Å². The molecule has 1 saturated heterocycles. The van der Waals surface area contributed by atoms with Crippen molar-refractivity contribution in [1.82, 2.24) is 4.90 Å². The number of hydrogen-bond acceptors (Lipinski definition) is 7. The first kappa shape index (κ1) is 23.7. The zero-order valence-electron chi connectivity index (χ0n) is 14.5. The first-order chi connectivity index (χ1) is 11.2. The molecule has 0 aliphatic carbocycles. The topological polar surface area (TPSA) is 156 Å². The molecule has 1 amide bonds. The van der Waals surface area contributed by atoms with Gasteiger partial charge in [-0.1, -0.05) is 19.8 Å². The molecule has 6 N–H and O–H groups in total. The van der Waals surface area contributed by atoms with Crippen molar-refractivity contribution in [2.75, 3.05) is 13.7 Å². The average molecular weight is 382 g/mol. The van der Waals surface area contributed by atoms with Gasteiger partial charge in [-0.3, -0.25) is 14.4 Å². The number of carbonyl (C=O) groups is 3. The Balaban J connectivity index is 0.00000576. The fourth-order valence-corrected chi connectivity index (χ4v) is 3.12. The molecule has 9 nitrogen and oxygen atoms in total. The summed E-state index contributed by atoms with van der Waals surface area (Å²) in [7, 11) is 1.09. The Hall–Kier alpha value is -1.26. The SMILES string of the molecule is CCCC[C@H](N)[C@@H](O)C(=O)C(OC)(C(N)=O)N1CCC[C@@H]1C(=O)O.Cl. The summed E-state index contributed by atoms with van der Waals surface area (Å²) in [5.41, 5.74) is 8.88. The van der Waals surface area contributed by atoms with Crippen molar-refractivity contribution < 1.29 is 29.3 Å². The molecule has 146 valence electrons. The molecule has 0 aromatic rings. The first-order valence-corrected chi connectivity index (χ1v) is 8.06. The van der Waals surface area contributed by atoms with Gasteiger partial charge in [0.1, 0.15) is 12.1 Å². The van der Waals surface area contributed by atoms with Gasteiger partial charge in [0, 0.05) is 19.7 Å². The van der Waals surface area contributed by atoms with Gasteiger partial charge < -0.3 is 26.4 Å². The molecule has 0 aromatic heterocycles. The minimum atomic E-state index is -2.34. The minimum absolute atomic E-state index is 0. The molecule has 25 heavy (non-hydrogen) atoms. The summed E-state index contributed by atoms with van der Waals surface area (Å²) < 4.78 is 5.12. The minimum Gasteiger partial charge on any atom is -0.480 e. The predicted molar refractivity (Wildman–Crippen MR) is 92.1 cm³/mol. The summed E-state index contributed by atoms with van der Waals surface area (Å²) in [6, 6.07) is -1.99. The van der Waals surface area contributed by atoms with Gasteiger partial charge in [-0.05, 0) is 19.3 Å². The van der Waals surface area contributed by atoms with Gasteiger partial charge >= 0.3 is 5.97 Å². The number of rotatable bonds is 10. The lowest BCUT2D eigenvalue weighted by Crippen LogP contribution is -2.69. The van der Waals surface area contributed by atoms with Crippen LogP contribution >= 0.6 is 12.4 Å². The fourth-order valence-electron chi connectivity index (χ4n) is 3.12. The molecule has 1 aliphatic heterocycles. The second-order valence-corrected chi connectivity index (χ2v) is 6.02. The van der Waals surface area contributed by atoms with Crippen LogP contribution in [0.25, 0.3) is 0 Å². The lowest BCUT2D eigenvalue weighted by Gasteiger charge is -2.40. The number of carboxylic acid groups (broad SMARTS) is 1. The summed E-state index contributed by atoms with van der Waals surface area (Å²) >= 11 is 0. The molecule has 1 fully saturated rings. The van der Waals surface area contributed by atoms with Crippen LogP contribution in [0.3, 0.4) is 0 Å². The number of Topliss-reactive ketones (excluding diaryl/α,β-unsaturated/α-hetero) is 1. The van der Waals surface area contributed by atoms with Gasteiger partial charge in [0.05, 0.1) is 0 Å².